The highest BCUT2D eigenvalue weighted by Crippen LogP contribution is 2.24. The molecule has 1 fully saturated rings. The molecule has 0 radical (unpaired) electrons. The molecule has 0 aliphatic carbocycles. The summed E-state index contributed by atoms with van der Waals surface area (Å²) in [5.74, 6) is 1.41. The van der Waals surface area contributed by atoms with Crippen molar-refractivity contribution in [3.8, 4) is 11.5 Å². The topological polar surface area (TPSA) is 68.8 Å². The quantitative estimate of drug-likeness (QED) is 0.853. The van der Waals surface area contributed by atoms with E-state index in [0.29, 0.717) is 25.5 Å². The van der Waals surface area contributed by atoms with Crippen LogP contribution in [0.2, 0.25) is 0 Å². The van der Waals surface area contributed by atoms with Crippen LogP contribution in [0, 0.1) is 0 Å². The van der Waals surface area contributed by atoms with E-state index >= 15 is 0 Å². The molecule has 6 heteroatoms. The van der Waals surface area contributed by atoms with Gasteiger partial charge in [-0.05, 0) is 18.6 Å². The standard InChI is InChI=1S/C14H20N2O4/c1-18-12-4-3-10(13(7-12)19-2)8-15-14(17)16-11-5-6-20-9-11/h3-4,7,11H,5-6,8-9H2,1-2H3,(H2,15,16,17). The number of hydrogen-bond acceptors (Lipinski definition) is 4. The van der Waals surface area contributed by atoms with Gasteiger partial charge in [0.1, 0.15) is 11.5 Å². The summed E-state index contributed by atoms with van der Waals surface area (Å²) >= 11 is 0. The van der Waals surface area contributed by atoms with E-state index in [-0.39, 0.29) is 12.1 Å². The number of carbonyl (C=O) groups excluding carboxylic acids is 1. The zero-order chi connectivity index (χ0) is 14.4. The Hall–Kier alpha value is -1.95. The summed E-state index contributed by atoms with van der Waals surface area (Å²) in [5.41, 5.74) is 0.895. The smallest absolute Gasteiger partial charge is 0.315 e. The Labute approximate surface area is 118 Å². The molecule has 0 aromatic heterocycles. The molecule has 2 N–H and O–H groups in total. The number of amides is 2. The lowest BCUT2D eigenvalue weighted by atomic mass is 10.2. The third-order valence-corrected chi connectivity index (χ3v) is 3.20. The molecule has 0 spiro atoms. The number of benzene rings is 1. The molecular formula is C14H20N2O4. The van der Waals surface area contributed by atoms with Crippen LogP contribution in [0.15, 0.2) is 18.2 Å². The third kappa shape index (κ3) is 3.77. The lowest BCUT2D eigenvalue weighted by molar-refractivity contribution is 0.188. The first-order valence-electron chi connectivity index (χ1n) is 6.56. The fourth-order valence-electron chi connectivity index (χ4n) is 2.06. The van der Waals surface area contributed by atoms with E-state index in [0.717, 1.165) is 17.7 Å². The summed E-state index contributed by atoms with van der Waals surface area (Å²) in [7, 11) is 3.19. The van der Waals surface area contributed by atoms with Crippen molar-refractivity contribution in [2.24, 2.45) is 0 Å². The molecule has 0 bridgehead atoms. The van der Waals surface area contributed by atoms with Crippen molar-refractivity contribution in [3.05, 3.63) is 23.8 Å². The fraction of sp³-hybridized carbons (Fsp3) is 0.500. The lowest BCUT2D eigenvalue weighted by Crippen LogP contribution is -2.42. The molecular weight excluding hydrogens is 260 g/mol. The Morgan fingerprint density at radius 3 is 2.90 bits per heavy atom. The highest BCUT2D eigenvalue weighted by Gasteiger charge is 2.17. The Morgan fingerprint density at radius 2 is 2.25 bits per heavy atom. The minimum absolute atomic E-state index is 0.104. The van der Waals surface area contributed by atoms with Crippen LogP contribution in [-0.2, 0) is 11.3 Å². The minimum Gasteiger partial charge on any atom is -0.497 e. The monoisotopic (exact) mass is 280 g/mol. The van der Waals surface area contributed by atoms with Gasteiger partial charge in [-0.1, -0.05) is 0 Å². The maximum absolute atomic E-state index is 11.8. The zero-order valence-electron chi connectivity index (χ0n) is 11.8. The van der Waals surface area contributed by atoms with E-state index in [2.05, 4.69) is 10.6 Å². The first-order valence-corrected chi connectivity index (χ1v) is 6.56. The third-order valence-electron chi connectivity index (χ3n) is 3.20. The van der Waals surface area contributed by atoms with Gasteiger partial charge in [0.25, 0.3) is 0 Å². The summed E-state index contributed by atoms with van der Waals surface area (Å²) < 4.78 is 15.6. The molecule has 1 aliphatic rings. The van der Waals surface area contributed by atoms with Crippen LogP contribution in [0.1, 0.15) is 12.0 Å². The number of urea groups is 1. The molecule has 1 atom stereocenters. The van der Waals surface area contributed by atoms with Crippen LogP contribution in [0.3, 0.4) is 0 Å². The highest BCUT2D eigenvalue weighted by molar-refractivity contribution is 5.74. The maximum Gasteiger partial charge on any atom is 0.315 e. The van der Waals surface area contributed by atoms with Gasteiger partial charge in [-0.15, -0.1) is 0 Å². The average Bonchev–Trinajstić information content (AvgIpc) is 2.97. The second-order valence-corrected chi connectivity index (χ2v) is 4.57. The Kier molecular flexibility index (Phi) is 5.06. The van der Waals surface area contributed by atoms with Crippen LogP contribution >= 0.6 is 0 Å². The van der Waals surface area contributed by atoms with Gasteiger partial charge in [0.15, 0.2) is 0 Å². The minimum atomic E-state index is -0.196. The summed E-state index contributed by atoms with van der Waals surface area (Å²) in [6, 6.07) is 5.41. The van der Waals surface area contributed by atoms with Gasteiger partial charge in [0, 0.05) is 24.8 Å². The second kappa shape index (κ2) is 7.00. The number of rotatable bonds is 5. The van der Waals surface area contributed by atoms with Crippen LogP contribution in [0.4, 0.5) is 4.79 Å². The molecule has 2 amide bonds. The largest absolute Gasteiger partial charge is 0.497 e. The summed E-state index contributed by atoms with van der Waals surface area (Å²) in [6.45, 7) is 1.68. The van der Waals surface area contributed by atoms with Crippen LogP contribution in [0.25, 0.3) is 0 Å². The van der Waals surface area contributed by atoms with Crippen molar-refractivity contribution in [1.82, 2.24) is 10.6 Å². The Balaban J connectivity index is 1.87. The van der Waals surface area contributed by atoms with Gasteiger partial charge in [-0.25, -0.2) is 4.79 Å². The number of methoxy groups -OCH3 is 2. The first-order chi connectivity index (χ1) is 9.72. The Morgan fingerprint density at radius 1 is 1.40 bits per heavy atom. The molecule has 1 saturated heterocycles. The van der Waals surface area contributed by atoms with E-state index in [1.54, 1.807) is 20.3 Å². The molecule has 20 heavy (non-hydrogen) atoms. The van der Waals surface area contributed by atoms with Crippen molar-refractivity contribution < 1.29 is 19.0 Å². The van der Waals surface area contributed by atoms with Crippen LogP contribution in [-0.4, -0.2) is 39.5 Å². The summed E-state index contributed by atoms with van der Waals surface area (Å²) in [5, 5.41) is 5.68. The van der Waals surface area contributed by atoms with E-state index in [1.807, 2.05) is 12.1 Å². The molecule has 1 aliphatic heterocycles. The summed E-state index contributed by atoms with van der Waals surface area (Å²) in [6.07, 6.45) is 0.860. The average molecular weight is 280 g/mol. The van der Waals surface area contributed by atoms with Crippen molar-refractivity contribution in [1.29, 1.82) is 0 Å². The SMILES string of the molecule is COc1ccc(CNC(=O)NC2CCOC2)c(OC)c1. The first kappa shape index (κ1) is 14.5. The number of nitrogens with one attached hydrogen (secondary N) is 2. The molecule has 0 saturated carbocycles. The fourth-order valence-corrected chi connectivity index (χ4v) is 2.06. The predicted octanol–water partition coefficient (Wildman–Crippen LogP) is 1.29. The van der Waals surface area contributed by atoms with E-state index in [9.17, 15) is 4.79 Å². The lowest BCUT2D eigenvalue weighted by Gasteiger charge is -2.14. The summed E-state index contributed by atoms with van der Waals surface area (Å²) in [4.78, 5) is 11.8. The molecule has 1 aromatic rings. The van der Waals surface area contributed by atoms with Gasteiger partial charge in [-0.2, -0.15) is 0 Å². The van der Waals surface area contributed by atoms with Crippen molar-refractivity contribution in [2.45, 2.75) is 19.0 Å². The Bertz CT molecular complexity index is 458. The van der Waals surface area contributed by atoms with Crippen LogP contribution < -0.4 is 20.1 Å². The van der Waals surface area contributed by atoms with Gasteiger partial charge < -0.3 is 24.8 Å². The molecule has 1 aromatic carbocycles. The van der Waals surface area contributed by atoms with E-state index in [4.69, 9.17) is 14.2 Å². The molecule has 6 nitrogen and oxygen atoms in total. The number of hydrogen-bond donors (Lipinski definition) is 2. The predicted molar refractivity (Wildman–Crippen MR) is 74.1 cm³/mol. The number of carbonyl (C=O) groups is 1. The molecule has 1 heterocycles. The van der Waals surface area contributed by atoms with Crippen molar-refractivity contribution >= 4 is 6.03 Å². The molecule has 2 rings (SSSR count). The molecule has 110 valence electrons. The van der Waals surface area contributed by atoms with Gasteiger partial charge in [0.2, 0.25) is 0 Å². The maximum atomic E-state index is 11.8. The van der Waals surface area contributed by atoms with Gasteiger partial charge >= 0.3 is 6.03 Å². The molecule has 1 unspecified atom stereocenters. The normalized spacial score (nSPS) is 17.6. The zero-order valence-corrected chi connectivity index (χ0v) is 11.8. The van der Waals surface area contributed by atoms with Gasteiger partial charge in [0.05, 0.1) is 26.9 Å². The van der Waals surface area contributed by atoms with Crippen molar-refractivity contribution in [2.75, 3.05) is 27.4 Å². The van der Waals surface area contributed by atoms with Crippen molar-refractivity contribution in [3.63, 3.8) is 0 Å². The second-order valence-electron chi connectivity index (χ2n) is 4.57. The van der Waals surface area contributed by atoms with E-state index in [1.165, 1.54) is 0 Å². The van der Waals surface area contributed by atoms with Crippen LogP contribution in [0.5, 0.6) is 11.5 Å². The number of ether oxygens (including phenoxy) is 3. The highest BCUT2D eigenvalue weighted by atomic mass is 16.5. The van der Waals surface area contributed by atoms with E-state index < -0.39 is 0 Å². The van der Waals surface area contributed by atoms with Gasteiger partial charge in [-0.3, -0.25) is 0 Å².